The maximum Gasteiger partial charge on any atom is 0.0726 e. The van der Waals surface area contributed by atoms with Gasteiger partial charge in [0.15, 0.2) is 0 Å². The molecule has 0 radical (unpaired) electrons. The first kappa shape index (κ1) is 35.5. The molecule has 1 spiro atoms. The van der Waals surface area contributed by atoms with E-state index in [1.807, 2.05) is 0 Å². The summed E-state index contributed by atoms with van der Waals surface area (Å²) in [5.41, 5.74) is 21.6. The van der Waals surface area contributed by atoms with Crippen LogP contribution >= 0.6 is 0 Å². The van der Waals surface area contributed by atoms with Crippen LogP contribution in [0.1, 0.15) is 22.3 Å². The summed E-state index contributed by atoms with van der Waals surface area (Å²) in [5.74, 6) is 0. The number of hydrogen-bond donors (Lipinski definition) is 0. The maximum absolute atomic E-state index is 2.50. The minimum Gasteiger partial charge on any atom is -0.310 e. The van der Waals surface area contributed by atoms with E-state index in [1.165, 1.54) is 83.1 Å². The smallest absolute Gasteiger partial charge is 0.0726 e. The van der Waals surface area contributed by atoms with Crippen molar-refractivity contribution in [3.63, 3.8) is 0 Å². The van der Waals surface area contributed by atoms with Gasteiger partial charge in [-0.2, -0.15) is 0 Å². The van der Waals surface area contributed by atoms with E-state index in [4.69, 9.17) is 0 Å². The van der Waals surface area contributed by atoms with Gasteiger partial charge in [-0.15, -0.1) is 0 Å². The van der Waals surface area contributed by atoms with Gasteiger partial charge in [-0.05, 0) is 98.1 Å². The van der Waals surface area contributed by atoms with Gasteiger partial charge in [0.05, 0.1) is 27.8 Å². The Bertz CT molecular complexity index is 3520. The molecule has 294 valence electrons. The minimum atomic E-state index is -0.461. The third-order valence-corrected chi connectivity index (χ3v) is 13.6. The summed E-state index contributed by atoms with van der Waals surface area (Å²) in [5, 5.41) is 2.45. The van der Waals surface area contributed by atoms with E-state index < -0.39 is 5.41 Å². The maximum atomic E-state index is 2.50. The molecule has 0 aliphatic heterocycles. The van der Waals surface area contributed by atoms with Crippen LogP contribution in [0.3, 0.4) is 0 Å². The van der Waals surface area contributed by atoms with Crippen molar-refractivity contribution >= 4 is 38.9 Å². The summed E-state index contributed by atoms with van der Waals surface area (Å²) in [7, 11) is 0. The lowest BCUT2D eigenvalue weighted by atomic mass is 9.70. The lowest BCUT2D eigenvalue weighted by Gasteiger charge is -2.32. The highest BCUT2D eigenvalue weighted by atomic mass is 15.1. The number of hydrogen-bond acceptors (Lipinski definition) is 1. The molecule has 0 atom stereocenters. The molecule has 13 rings (SSSR count). The van der Waals surface area contributed by atoms with Gasteiger partial charge in [0.1, 0.15) is 0 Å². The Morgan fingerprint density at radius 3 is 1.43 bits per heavy atom. The topological polar surface area (TPSA) is 8.17 Å². The van der Waals surface area contributed by atoms with Crippen LogP contribution in [0, 0.1) is 0 Å². The molecule has 2 aliphatic rings. The first-order chi connectivity index (χ1) is 31.3. The molecular weight excluding hydrogens is 761 g/mol. The molecule has 0 saturated carbocycles. The summed E-state index contributed by atoms with van der Waals surface area (Å²) < 4.78 is 2.47. The number of nitrogens with zero attached hydrogens (tertiary/aromatic N) is 2. The van der Waals surface area contributed by atoms with Gasteiger partial charge >= 0.3 is 0 Å². The van der Waals surface area contributed by atoms with Crippen LogP contribution in [0.25, 0.3) is 72.0 Å². The van der Waals surface area contributed by atoms with Crippen molar-refractivity contribution in [3.8, 4) is 50.2 Å². The van der Waals surface area contributed by atoms with E-state index >= 15 is 0 Å². The van der Waals surface area contributed by atoms with Crippen molar-refractivity contribution in [2.45, 2.75) is 5.41 Å². The fourth-order valence-corrected chi connectivity index (χ4v) is 11.1. The Hall–Kier alpha value is -8.20. The molecule has 10 aromatic carbocycles. The minimum absolute atomic E-state index is 0.461. The van der Waals surface area contributed by atoms with Crippen LogP contribution in [0.15, 0.2) is 243 Å². The van der Waals surface area contributed by atoms with Crippen molar-refractivity contribution in [2.24, 2.45) is 0 Å². The van der Waals surface area contributed by atoms with Crippen LogP contribution in [0.4, 0.5) is 17.1 Å². The molecule has 0 amide bonds. The molecule has 11 aromatic rings. The van der Waals surface area contributed by atoms with Crippen LogP contribution < -0.4 is 4.90 Å². The molecule has 0 N–H and O–H groups in total. The second-order valence-electron chi connectivity index (χ2n) is 16.8. The Kier molecular flexibility index (Phi) is 7.85. The molecule has 2 heteroatoms. The zero-order valence-corrected chi connectivity index (χ0v) is 34.5. The molecule has 0 saturated heterocycles. The lowest BCUT2D eigenvalue weighted by molar-refractivity contribution is 0.793. The highest BCUT2D eigenvalue weighted by Gasteiger charge is 2.51. The van der Waals surface area contributed by atoms with E-state index in [0.717, 1.165) is 28.3 Å². The van der Waals surface area contributed by atoms with Gasteiger partial charge in [-0.1, -0.05) is 200 Å². The van der Waals surface area contributed by atoms with E-state index in [0.29, 0.717) is 0 Å². The third kappa shape index (κ3) is 5.13. The predicted octanol–water partition coefficient (Wildman–Crippen LogP) is 15.9. The lowest BCUT2D eigenvalue weighted by Crippen LogP contribution is -2.26. The van der Waals surface area contributed by atoms with E-state index in [-0.39, 0.29) is 0 Å². The van der Waals surface area contributed by atoms with Gasteiger partial charge < -0.3 is 9.47 Å². The van der Waals surface area contributed by atoms with Gasteiger partial charge in [-0.25, -0.2) is 0 Å². The normalized spacial score (nSPS) is 12.9. The van der Waals surface area contributed by atoms with E-state index in [1.54, 1.807) is 0 Å². The predicted molar refractivity (Wildman–Crippen MR) is 263 cm³/mol. The van der Waals surface area contributed by atoms with Gasteiger partial charge in [0, 0.05) is 33.3 Å². The van der Waals surface area contributed by atoms with Crippen molar-refractivity contribution in [2.75, 3.05) is 4.90 Å². The molecule has 63 heavy (non-hydrogen) atoms. The number of rotatable bonds is 6. The fourth-order valence-electron chi connectivity index (χ4n) is 11.1. The quantitative estimate of drug-likeness (QED) is 0.163. The Labute approximate surface area is 367 Å². The Balaban J connectivity index is 1.10. The molecule has 0 fully saturated rings. The molecular formula is C61H40N2. The standard InChI is InChI=1S/C61H40N2/c1-3-19-41(20-4-1)45-23-10-16-32-57(45)62(44-36-38-52-51-28-12-18-34-59(51)63(60(52)40-44)58-33-17-11-24-46(58)42-21-5-2-6-22-42)43-35-37-50-49-27-9-15-31-55(49)61(56(50)39-43)53-29-13-7-25-47(53)48-26-8-14-30-54(48)61/h1-40H. The van der Waals surface area contributed by atoms with Crippen molar-refractivity contribution in [3.05, 3.63) is 265 Å². The zero-order valence-electron chi connectivity index (χ0n) is 34.5. The second kappa shape index (κ2) is 13.9. The summed E-state index contributed by atoms with van der Waals surface area (Å²) in [4.78, 5) is 2.50. The first-order valence-corrected chi connectivity index (χ1v) is 21.9. The Morgan fingerprint density at radius 2 is 0.762 bits per heavy atom. The largest absolute Gasteiger partial charge is 0.310 e. The van der Waals surface area contributed by atoms with Crippen molar-refractivity contribution < 1.29 is 0 Å². The van der Waals surface area contributed by atoms with Crippen LogP contribution in [-0.4, -0.2) is 4.57 Å². The van der Waals surface area contributed by atoms with Crippen LogP contribution in [0.5, 0.6) is 0 Å². The number of benzene rings is 10. The number of anilines is 3. The fraction of sp³-hybridized carbons (Fsp3) is 0.0164. The highest BCUT2D eigenvalue weighted by molar-refractivity contribution is 6.11. The summed E-state index contributed by atoms with van der Waals surface area (Å²) in [6.45, 7) is 0. The molecule has 2 nitrogen and oxygen atoms in total. The average Bonchev–Trinajstić information content (AvgIpc) is 3.96. The van der Waals surface area contributed by atoms with Crippen LogP contribution in [0.2, 0.25) is 0 Å². The summed E-state index contributed by atoms with van der Waals surface area (Å²) >= 11 is 0. The molecule has 0 unspecified atom stereocenters. The second-order valence-corrected chi connectivity index (χ2v) is 16.8. The number of fused-ring (bicyclic) bond motifs is 13. The van der Waals surface area contributed by atoms with Crippen molar-refractivity contribution in [1.29, 1.82) is 0 Å². The first-order valence-electron chi connectivity index (χ1n) is 21.9. The molecule has 1 heterocycles. The Morgan fingerprint density at radius 1 is 0.302 bits per heavy atom. The van der Waals surface area contributed by atoms with Crippen LogP contribution in [-0.2, 0) is 5.41 Å². The molecule has 2 aliphatic carbocycles. The van der Waals surface area contributed by atoms with Gasteiger partial charge in [0.25, 0.3) is 0 Å². The average molecular weight is 801 g/mol. The number of aromatic nitrogens is 1. The van der Waals surface area contributed by atoms with Gasteiger partial charge in [-0.3, -0.25) is 0 Å². The number of para-hydroxylation sites is 3. The third-order valence-electron chi connectivity index (χ3n) is 13.6. The monoisotopic (exact) mass is 800 g/mol. The SMILES string of the molecule is c1ccc(-c2ccccc2N(c2ccc3c(c2)C2(c4ccccc4-c4ccccc42)c2ccccc2-3)c2ccc3c4ccccc4n(-c4ccccc4-c4ccccc4)c3c2)cc1. The zero-order chi connectivity index (χ0) is 41.5. The molecule has 1 aromatic heterocycles. The summed E-state index contributed by atoms with van der Waals surface area (Å²) in [6, 6.07) is 89.6. The van der Waals surface area contributed by atoms with E-state index in [9.17, 15) is 0 Å². The van der Waals surface area contributed by atoms with Gasteiger partial charge in [0.2, 0.25) is 0 Å². The molecule has 0 bridgehead atoms. The van der Waals surface area contributed by atoms with Crippen molar-refractivity contribution in [1.82, 2.24) is 4.57 Å². The summed E-state index contributed by atoms with van der Waals surface area (Å²) in [6.07, 6.45) is 0. The highest BCUT2D eigenvalue weighted by Crippen LogP contribution is 2.63. The van der Waals surface area contributed by atoms with E-state index in [2.05, 4.69) is 252 Å².